The van der Waals surface area contributed by atoms with E-state index in [1.807, 2.05) is 96.5 Å². The van der Waals surface area contributed by atoms with E-state index in [0.29, 0.717) is 17.5 Å². The zero-order valence-electron chi connectivity index (χ0n) is 18.0. The molecule has 1 heterocycles. The first-order chi connectivity index (χ1) is 15.7. The molecule has 0 bridgehead atoms. The van der Waals surface area contributed by atoms with Crippen LogP contribution in [0.3, 0.4) is 0 Å². The van der Waals surface area contributed by atoms with Crippen LogP contribution in [-0.2, 0) is 11.3 Å². The Morgan fingerprint density at radius 1 is 0.938 bits per heavy atom. The minimum absolute atomic E-state index is 0.0347. The lowest BCUT2D eigenvalue weighted by Crippen LogP contribution is -2.27. The molecule has 0 aliphatic carbocycles. The molecule has 0 saturated carbocycles. The zero-order valence-corrected chi connectivity index (χ0v) is 18.8. The number of hydrogen-bond donors (Lipinski definition) is 0. The highest BCUT2D eigenvalue weighted by Gasteiger charge is 2.18. The summed E-state index contributed by atoms with van der Waals surface area (Å²) in [5.41, 5.74) is 2.96. The molecule has 0 atom stereocenters. The third kappa shape index (κ3) is 5.00. The van der Waals surface area contributed by atoms with Gasteiger partial charge in [-0.05, 0) is 42.0 Å². The topological polar surface area (TPSA) is 60.3 Å². The predicted molar refractivity (Wildman–Crippen MR) is 127 cm³/mol. The predicted octanol–water partition coefficient (Wildman–Crippen LogP) is 4.69. The van der Waals surface area contributed by atoms with Gasteiger partial charge in [0.15, 0.2) is 11.0 Å². The second kappa shape index (κ2) is 10.2. The first-order valence-corrected chi connectivity index (χ1v) is 11.2. The van der Waals surface area contributed by atoms with E-state index in [0.717, 1.165) is 22.6 Å². The first-order valence-electron chi connectivity index (χ1n) is 10.2. The van der Waals surface area contributed by atoms with Gasteiger partial charge in [0.1, 0.15) is 5.75 Å². The SMILES string of the molecule is COc1ccc(-c2nnc(SCC(=O)N(C)Cc3ccccc3)n2-c2ccccc2)cc1. The smallest absolute Gasteiger partial charge is 0.233 e. The molecule has 4 aromatic rings. The molecular weight excluding hydrogens is 420 g/mol. The summed E-state index contributed by atoms with van der Waals surface area (Å²) in [6.07, 6.45) is 0. The molecule has 0 unspecified atom stereocenters. The number of thioether (sulfide) groups is 1. The van der Waals surface area contributed by atoms with E-state index >= 15 is 0 Å². The normalized spacial score (nSPS) is 10.7. The van der Waals surface area contributed by atoms with Gasteiger partial charge in [-0.2, -0.15) is 0 Å². The van der Waals surface area contributed by atoms with Crippen molar-refractivity contribution in [2.75, 3.05) is 19.9 Å². The Labute approximate surface area is 191 Å². The molecule has 3 aromatic carbocycles. The lowest BCUT2D eigenvalue weighted by atomic mass is 10.2. The Kier molecular flexibility index (Phi) is 6.87. The van der Waals surface area contributed by atoms with Gasteiger partial charge in [-0.25, -0.2) is 0 Å². The van der Waals surface area contributed by atoms with Gasteiger partial charge in [-0.1, -0.05) is 60.3 Å². The lowest BCUT2D eigenvalue weighted by molar-refractivity contribution is -0.127. The molecule has 0 radical (unpaired) electrons. The molecule has 0 aliphatic heterocycles. The van der Waals surface area contributed by atoms with Crippen molar-refractivity contribution in [3.8, 4) is 22.8 Å². The third-order valence-electron chi connectivity index (χ3n) is 5.01. The van der Waals surface area contributed by atoms with Crippen LogP contribution < -0.4 is 4.74 Å². The highest BCUT2D eigenvalue weighted by Crippen LogP contribution is 2.29. The van der Waals surface area contributed by atoms with Crippen LogP contribution in [0.25, 0.3) is 17.1 Å². The van der Waals surface area contributed by atoms with Crippen molar-refractivity contribution in [2.24, 2.45) is 0 Å². The number of ether oxygens (including phenoxy) is 1. The van der Waals surface area contributed by atoms with Gasteiger partial charge in [-0.3, -0.25) is 9.36 Å². The largest absolute Gasteiger partial charge is 0.497 e. The number of aromatic nitrogens is 3. The summed E-state index contributed by atoms with van der Waals surface area (Å²) < 4.78 is 7.25. The number of benzene rings is 3. The molecule has 0 saturated heterocycles. The summed E-state index contributed by atoms with van der Waals surface area (Å²) in [6.45, 7) is 0.572. The van der Waals surface area contributed by atoms with Gasteiger partial charge < -0.3 is 9.64 Å². The van der Waals surface area contributed by atoms with Crippen molar-refractivity contribution in [1.29, 1.82) is 0 Å². The molecule has 0 fully saturated rings. The van der Waals surface area contributed by atoms with Crippen molar-refractivity contribution in [2.45, 2.75) is 11.7 Å². The molecule has 1 amide bonds. The van der Waals surface area contributed by atoms with E-state index in [2.05, 4.69) is 10.2 Å². The molecule has 162 valence electrons. The Morgan fingerprint density at radius 3 is 2.25 bits per heavy atom. The first kappa shape index (κ1) is 21.6. The van der Waals surface area contributed by atoms with E-state index in [1.54, 1.807) is 12.0 Å². The molecule has 32 heavy (non-hydrogen) atoms. The molecule has 0 N–H and O–H groups in total. The fraction of sp³-hybridized carbons (Fsp3) is 0.160. The van der Waals surface area contributed by atoms with E-state index in [9.17, 15) is 4.79 Å². The van der Waals surface area contributed by atoms with Crippen molar-refractivity contribution < 1.29 is 9.53 Å². The number of para-hydroxylation sites is 1. The van der Waals surface area contributed by atoms with Gasteiger partial charge in [0.05, 0.1) is 12.9 Å². The van der Waals surface area contributed by atoms with Crippen LogP contribution >= 0.6 is 11.8 Å². The molecule has 4 rings (SSSR count). The molecule has 0 spiro atoms. The van der Waals surface area contributed by atoms with Crippen molar-refractivity contribution in [1.82, 2.24) is 19.7 Å². The maximum absolute atomic E-state index is 12.7. The molecular formula is C25H24N4O2S. The second-order valence-corrected chi connectivity index (χ2v) is 8.17. The van der Waals surface area contributed by atoms with Gasteiger partial charge in [0, 0.05) is 24.8 Å². The minimum atomic E-state index is 0.0347. The summed E-state index contributed by atoms with van der Waals surface area (Å²) in [5.74, 6) is 1.80. The van der Waals surface area contributed by atoms with Crippen molar-refractivity contribution >= 4 is 17.7 Å². The molecule has 0 aliphatic rings. The highest BCUT2D eigenvalue weighted by molar-refractivity contribution is 7.99. The zero-order chi connectivity index (χ0) is 22.3. The Hall–Kier alpha value is -3.58. The summed E-state index contributed by atoms with van der Waals surface area (Å²) in [5, 5.41) is 9.51. The standard InChI is InChI=1S/C25H24N4O2S/c1-28(17-19-9-5-3-6-10-19)23(30)18-32-25-27-26-24(20-13-15-22(31-2)16-14-20)29(25)21-11-7-4-8-12-21/h3-16H,17-18H2,1-2H3. The van der Waals surface area contributed by atoms with Gasteiger partial charge in [0.25, 0.3) is 0 Å². The van der Waals surface area contributed by atoms with E-state index in [1.165, 1.54) is 11.8 Å². The van der Waals surface area contributed by atoms with E-state index < -0.39 is 0 Å². The monoisotopic (exact) mass is 444 g/mol. The van der Waals surface area contributed by atoms with Gasteiger partial charge in [0.2, 0.25) is 5.91 Å². The summed E-state index contributed by atoms with van der Waals surface area (Å²) in [7, 11) is 3.46. The molecule has 6 nitrogen and oxygen atoms in total. The number of nitrogens with zero attached hydrogens (tertiary/aromatic N) is 4. The lowest BCUT2D eigenvalue weighted by Gasteiger charge is -2.17. The summed E-state index contributed by atoms with van der Waals surface area (Å²) in [4.78, 5) is 14.5. The Morgan fingerprint density at radius 2 is 1.59 bits per heavy atom. The second-order valence-electron chi connectivity index (χ2n) is 7.23. The quantitative estimate of drug-likeness (QED) is 0.369. The van der Waals surface area contributed by atoms with E-state index in [4.69, 9.17) is 4.74 Å². The maximum atomic E-state index is 12.7. The van der Waals surface area contributed by atoms with Crippen LogP contribution in [0, 0.1) is 0 Å². The Balaban J connectivity index is 1.55. The molecule has 1 aromatic heterocycles. The van der Waals surface area contributed by atoms with Crippen LogP contribution in [0.5, 0.6) is 5.75 Å². The fourth-order valence-electron chi connectivity index (χ4n) is 3.28. The summed E-state index contributed by atoms with van der Waals surface area (Å²) >= 11 is 1.39. The van der Waals surface area contributed by atoms with Crippen molar-refractivity contribution in [3.05, 3.63) is 90.5 Å². The van der Waals surface area contributed by atoms with Gasteiger partial charge in [-0.15, -0.1) is 10.2 Å². The third-order valence-corrected chi connectivity index (χ3v) is 5.92. The fourth-order valence-corrected chi connectivity index (χ4v) is 4.17. The van der Waals surface area contributed by atoms with Crippen LogP contribution in [0.4, 0.5) is 0 Å². The molecule has 7 heteroatoms. The minimum Gasteiger partial charge on any atom is -0.497 e. The number of rotatable bonds is 8. The highest BCUT2D eigenvalue weighted by atomic mass is 32.2. The van der Waals surface area contributed by atoms with E-state index in [-0.39, 0.29) is 11.7 Å². The number of carbonyl (C=O) groups is 1. The van der Waals surface area contributed by atoms with Gasteiger partial charge >= 0.3 is 0 Å². The number of amides is 1. The van der Waals surface area contributed by atoms with Crippen molar-refractivity contribution in [3.63, 3.8) is 0 Å². The van der Waals surface area contributed by atoms with Crippen LogP contribution in [-0.4, -0.2) is 45.5 Å². The average molecular weight is 445 g/mol. The summed E-state index contributed by atoms with van der Waals surface area (Å²) in [6, 6.07) is 27.6. The number of methoxy groups -OCH3 is 1. The Bertz CT molecular complexity index is 1160. The maximum Gasteiger partial charge on any atom is 0.233 e. The number of carbonyl (C=O) groups excluding carboxylic acids is 1. The number of hydrogen-bond acceptors (Lipinski definition) is 5. The van der Waals surface area contributed by atoms with Crippen LogP contribution in [0.15, 0.2) is 90.1 Å². The average Bonchev–Trinajstić information content (AvgIpc) is 3.27. The van der Waals surface area contributed by atoms with Crippen LogP contribution in [0.1, 0.15) is 5.56 Å². The van der Waals surface area contributed by atoms with Crippen LogP contribution in [0.2, 0.25) is 0 Å².